The van der Waals surface area contributed by atoms with Gasteiger partial charge in [-0.25, -0.2) is 0 Å². The highest BCUT2D eigenvalue weighted by Crippen LogP contribution is 2.26. The largest absolute Gasteiger partial charge is 0.457 e. The summed E-state index contributed by atoms with van der Waals surface area (Å²) in [6.07, 6.45) is 0.298. The number of carbonyl (C=O) groups excluding carboxylic acids is 1. The van der Waals surface area contributed by atoms with Gasteiger partial charge in [0.2, 0.25) is 5.91 Å². The zero-order valence-corrected chi connectivity index (χ0v) is 15.8. The van der Waals surface area contributed by atoms with Crippen molar-refractivity contribution < 1.29 is 9.53 Å². The highest BCUT2D eigenvalue weighted by atomic mass is 35.5. The van der Waals surface area contributed by atoms with E-state index in [0.29, 0.717) is 17.2 Å². The van der Waals surface area contributed by atoms with Crippen molar-refractivity contribution in [3.8, 4) is 11.5 Å². The smallest absolute Gasteiger partial charge is 0.228 e. The van der Waals surface area contributed by atoms with Crippen LogP contribution < -0.4 is 10.1 Å². The summed E-state index contributed by atoms with van der Waals surface area (Å²) in [6, 6.07) is 28.7. The van der Waals surface area contributed by atoms with Gasteiger partial charge in [0.05, 0.1) is 6.42 Å². The third-order valence-corrected chi connectivity index (χ3v) is 4.62. The lowest BCUT2D eigenvalue weighted by Crippen LogP contribution is -2.14. The van der Waals surface area contributed by atoms with Crippen LogP contribution in [0.2, 0.25) is 5.02 Å². The van der Waals surface area contributed by atoms with Gasteiger partial charge in [-0.1, -0.05) is 54.1 Å². The number of ether oxygens (including phenoxy) is 1. The fraction of sp³-hybridized carbons (Fsp3) is 0.0417. The van der Waals surface area contributed by atoms with Crippen LogP contribution in [0.4, 0.5) is 5.69 Å². The molecule has 0 radical (unpaired) electrons. The molecule has 0 saturated carbocycles. The predicted octanol–water partition coefficient (Wildman–Crippen LogP) is 6.47. The number of hydrogen-bond donors (Lipinski definition) is 1. The Balaban J connectivity index is 1.38. The van der Waals surface area contributed by atoms with Gasteiger partial charge in [0.15, 0.2) is 0 Å². The van der Waals surface area contributed by atoms with E-state index in [2.05, 4.69) is 17.4 Å². The number of benzene rings is 4. The summed E-state index contributed by atoms with van der Waals surface area (Å²) in [6.45, 7) is 0. The van der Waals surface area contributed by atoms with E-state index in [1.165, 1.54) is 5.39 Å². The van der Waals surface area contributed by atoms with Gasteiger partial charge in [0.1, 0.15) is 11.5 Å². The van der Waals surface area contributed by atoms with E-state index in [9.17, 15) is 4.79 Å². The molecule has 0 fully saturated rings. The Morgan fingerprint density at radius 3 is 2.21 bits per heavy atom. The summed E-state index contributed by atoms with van der Waals surface area (Å²) in [5, 5.41) is 5.86. The highest BCUT2D eigenvalue weighted by molar-refractivity contribution is 6.30. The molecule has 4 rings (SSSR count). The minimum atomic E-state index is -0.0782. The lowest BCUT2D eigenvalue weighted by atomic mass is 10.1. The Morgan fingerprint density at radius 2 is 1.46 bits per heavy atom. The van der Waals surface area contributed by atoms with Gasteiger partial charge in [0.25, 0.3) is 0 Å². The van der Waals surface area contributed by atoms with Crippen molar-refractivity contribution >= 4 is 34.0 Å². The standard InChI is InChI=1S/C24H18ClNO2/c25-20-8-5-17(6-9-20)15-24(27)26-21-10-13-22(14-11-21)28-23-12-7-18-3-1-2-4-19(18)16-23/h1-14,16H,15H2,(H,26,27). The first-order valence-corrected chi connectivity index (χ1v) is 9.34. The number of anilines is 1. The van der Waals surface area contributed by atoms with E-state index >= 15 is 0 Å². The number of fused-ring (bicyclic) bond motifs is 1. The Kier molecular flexibility index (Phi) is 5.27. The number of hydrogen-bond acceptors (Lipinski definition) is 2. The van der Waals surface area contributed by atoms with Gasteiger partial charge in [-0.15, -0.1) is 0 Å². The second-order valence-electron chi connectivity index (χ2n) is 6.49. The van der Waals surface area contributed by atoms with Crippen LogP contribution >= 0.6 is 11.6 Å². The van der Waals surface area contributed by atoms with E-state index in [1.807, 2.05) is 66.7 Å². The Labute approximate surface area is 168 Å². The number of amides is 1. The fourth-order valence-electron chi connectivity index (χ4n) is 2.97. The third-order valence-electron chi connectivity index (χ3n) is 4.37. The van der Waals surface area contributed by atoms with Crippen LogP contribution in [0.3, 0.4) is 0 Å². The second kappa shape index (κ2) is 8.15. The SMILES string of the molecule is O=C(Cc1ccc(Cl)cc1)Nc1ccc(Oc2ccc3ccccc3c2)cc1. The molecule has 0 saturated heterocycles. The molecule has 0 unspecified atom stereocenters. The lowest BCUT2D eigenvalue weighted by Gasteiger charge is -2.09. The Bertz CT molecular complexity index is 1110. The molecule has 1 N–H and O–H groups in total. The first-order valence-electron chi connectivity index (χ1n) is 8.97. The molecule has 3 nitrogen and oxygen atoms in total. The van der Waals surface area contributed by atoms with Crippen LogP contribution in [0.1, 0.15) is 5.56 Å². The maximum atomic E-state index is 12.2. The third kappa shape index (κ3) is 4.51. The van der Waals surface area contributed by atoms with Crippen molar-refractivity contribution in [2.75, 3.05) is 5.32 Å². The molecule has 4 aromatic carbocycles. The Hall–Kier alpha value is -3.30. The molecule has 4 heteroatoms. The minimum Gasteiger partial charge on any atom is -0.457 e. The molecule has 0 aromatic heterocycles. The van der Waals surface area contributed by atoms with Gasteiger partial charge in [-0.05, 0) is 64.9 Å². The summed E-state index contributed by atoms with van der Waals surface area (Å²) in [7, 11) is 0. The summed E-state index contributed by atoms with van der Waals surface area (Å²) < 4.78 is 5.93. The lowest BCUT2D eigenvalue weighted by molar-refractivity contribution is -0.115. The normalized spacial score (nSPS) is 10.6. The maximum Gasteiger partial charge on any atom is 0.228 e. The van der Waals surface area contributed by atoms with Gasteiger partial charge in [-0.3, -0.25) is 4.79 Å². The molecule has 0 spiro atoms. The molecular formula is C24H18ClNO2. The van der Waals surface area contributed by atoms with Gasteiger partial charge >= 0.3 is 0 Å². The fourth-order valence-corrected chi connectivity index (χ4v) is 3.09. The average Bonchev–Trinajstić information content (AvgIpc) is 2.71. The molecule has 4 aromatic rings. The van der Waals surface area contributed by atoms with Crippen LogP contribution in [0, 0.1) is 0 Å². The molecule has 0 aliphatic carbocycles. The van der Waals surface area contributed by atoms with Crippen LogP contribution in [0.5, 0.6) is 11.5 Å². The number of halogens is 1. The van der Waals surface area contributed by atoms with Crippen molar-refractivity contribution in [1.82, 2.24) is 0 Å². The van der Waals surface area contributed by atoms with E-state index in [1.54, 1.807) is 12.1 Å². The molecule has 0 heterocycles. The molecule has 0 bridgehead atoms. The van der Waals surface area contributed by atoms with Crippen LogP contribution in [-0.2, 0) is 11.2 Å². The Morgan fingerprint density at radius 1 is 0.786 bits per heavy atom. The molecule has 0 aliphatic rings. The quantitative estimate of drug-likeness (QED) is 0.426. The number of nitrogens with one attached hydrogen (secondary N) is 1. The van der Waals surface area contributed by atoms with Crippen molar-refractivity contribution in [2.45, 2.75) is 6.42 Å². The maximum absolute atomic E-state index is 12.2. The second-order valence-corrected chi connectivity index (χ2v) is 6.92. The van der Waals surface area contributed by atoms with Crippen molar-refractivity contribution in [3.63, 3.8) is 0 Å². The number of rotatable bonds is 5. The molecule has 0 aliphatic heterocycles. The van der Waals surface area contributed by atoms with Crippen LogP contribution in [0.15, 0.2) is 91.0 Å². The monoisotopic (exact) mass is 387 g/mol. The van der Waals surface area contributed by atoms with E-state index < -0.39 is 0 Å². The minimum absolute atomic E-state index is 0.0782. The molecular weight excluding hydrogens is 370 g/mol. The zero-order chi connectivity index (χ0) is 19.3. The van der Waals surface area contributed by atoms with E-state index in [0.717, 1.165) is 22.4 Å². The molecule has 28 heavy (non-hydrogen) atoms. The van der Waals surface area contributed by atoms with E-state index in [-0.39, 0.29) is 5.91 Å². The summed E-state index contributed by atoms with van der Waals surface area (Å²) in [5.74, 6) is 1.41. The average molecular weight is 388 g/mol. The first kappa shape index (κ1) is 18.1. The molecule has 138 valence electrons. The van der Waals surface area contributed by atoms with Gasteiger partial charge in [0, 0.05) is 10.7 Å². The molecule has 0 atom stereocenters. The van der Waals surface area contributed by atoms with Crippen molar-refractivity contribution in [2.24, 2.45) is 0 Å². The first-order chi connectivity index (χ1) is 13.7. The number of carbonyl (C=O) groups is 1. The van der Waals surface area contributed by atoms with Crippen LogP contribution in [0.25, 0.3) is 10.8 Å². The van der Waals surface area contributed by atoms with Gasteiger partial charge < -0.3 is 10.1 Å². The molecule has 1 amide bonds. The summed E-state index contributed by atoms with van der Waals surface area (Å²) >= 11 is 5.87. The predicted molar refractivity (Wildman–Crippen MR) is 114 cm³/mol. The van der Waals surface area contributed by atoms with Crippen molar-refractivity contribution in [3.05, 3.63) is 102 Å². The topological polar surface area (TPSA) is 38.3 Å². The van der Waals surface area contributed by atoms with E-state index in [4.69, 9.17) is 16.3 Å². The highest BCUT2D eigenvalue weighted by Gasteiger charge is 2.05. The van der Waals surface area contributed by atoms with Crippen LogP contribution in [-0.4, -0.2) is 5.91 Å². The van der Waals surface area contributed by atoms with Crippen molar-refractivity contribution in [1.29, 1.82) is 0 Å². The van der Waals surface area contributed by atoms with Gasteiger partial charge in [-0.2, -0.15) is 0 Å². The summed E-state index contributed by atoms with van der Waals surface area (Å²) in [4.78, 5) is 12.2. The summed E-state index contributed by atoms with van der Waals surface area (Å²) in [5.41, 5.74) is 1.64. The zero-order valence-electron chi connectivity index (χ0n) is 15.1.